The summed E-state index contributed by atoms with van der Waals surface area (Å²) in [4.78, 5) is 11.8. The fourth-order valence-corrected chi connectivity index (χ4v) is 1.68. The number of carbonyl (C=O) groups excluding carboxylic acids is 1. The van der Waals surface area contributed by atoms with Crippen molar-refractivity contribution in [1.29, 1.82) is 0 Å². The van der Waals surface area contributed by atoms with Crippen LogP contribution in [0.3, 0.4) is 0 Å². The summed E-state index contributed by atoms with van der Waals surface area (Å²) in [6, 6.07) is 6.84. The van der Waals surface area contributed by atoms with Crippen LogP contribution >= 0.6 is 0 Å². The van der Waals surface area contributed by atoms with Crippen molar-refractivity contribution in [1.82, 2.24) is 0 Å². The quantitative estimate of drug-likeness (QED) is 0.814. The Bertz CT molecular complexity index is 391. The molecule has 0 bridgehead atoms. The first-order valence-corrected chi connectivity index (χ1v) is 6.32. The molecule has 0 radical (unpaired) electrons. The molecule has 0 aliphatic heterocycles. The van der Waals surface area contributed by atoms with E-state index in [0.29, 0.717) is 24.6 Å². The molecule has 4 nitrogen and oxygen atoms in total. The van der Waals surface area contributed by atoms with Gasteiger partial charge in [-0.15, -0.1) is 0 Å². The number of nitrogens with two attached hydrogens (primary N) is 1. The molecule has 3 N–H and O–H groups in total. The first kappa shape index (κ1) is 14.5. The minimum absolute atomic E-state index is 0.155. The zero-order chi connectivity index (χ0) is 13.5. The number of ether oxygens (including phenoxy) is 1. The molecule has 0 saturated heterocycles. The standard InChI is InChI=1S/C14H22N2O2/c1-4-18-12-7-5-6-11(9-12)16-14(17)13(15)8-10(2)3/h5-7,9-10,13H,4,8,15H2,1-3H3,(H,16,17)/t13-/m0/s1. The molecule has 18 heavy (non-hydrogen) atoms. The van der Waals surface area contributed by atoms with Gasteiger partial charge in [0.15, 0.2) is 0 Å². The predicted octanol–water partition coefficient (Wildman–Crippen LogP) is 2.40. The van der Waals surface area contributed by atoms with E-state index in [4.69, 9.17) is 10.5 Å². The molecule has 1 rings (SSSR count). The molecule has 0 aromatic heterocycles. The van der Waals surface area contributed by atoms with Crippen LogP contribution < -0.4 is 15.8 Å². The molecule has 1 aromatic carbocycles. The van der Waals surface area contributed by atoms with Crippen molar-refractivity contribution >= 4 is 11.6 Å². The average Bonchev–Trinajstić information content (AvgIpc) is 2.29. The molecule has 1 aromatic rings. The lowest BCUT2D eigenvalue weighted by atomic mass is 10.0. The van der Waals surface area contributed by atoms with Gasteiger partial charge in [-0.05, 0) is 31.4 Å². The second kappa shape index (κ2) is 7.01. The molecule has 0 saturated carbocycles. The molecule has 0 spiro atoms. The molecule has 0 unspecified atom stereocenters. The number of anilines is 1. The Balaban J connectivity index is 2.61. The van der Waals surface area contributed by atoms with Crippen molar-refractivity contribution in [3.05, 3.63) is 24.3 Å². The zero-order valence-corrected chi connectivity index (χ0v) is 11.3. The second-order valence-electron chi connectivity index (χ2n) is 4.69. The maximum atomic E-state index is 11.8. The van der Waals surface area contributed by atoms with Crippen molar-refractivity contribution in [3.8, 4) is 5.75 Å². The van der Waals surface area contributed by atoms with Crippen LogP contribution in [-0.4, -0.2) is 18.6 Å². The second-order valence-corrected chi connectivity index (χ2v) is 4.69. The van der Waals surface area contributed by atoms with Crippen molar-refractivity contribution in [2.45, 2.75) is 33.2 Å². The van der Waals surface area contributed by atoms with Gasteiger partial charge in [-0.3, -0.25) is 4.79 Å². The molecule has 100 valence electrons. The summed E-state index contributed by atoms with van der Waals surface area (Å²) < 4.78 is 5.37. The number of hydrogen-bond donors (Lipinski definition) is 2. The Morgan fingerprint density at radius 1 is 1.44 bits per heavy atom. The summed E-state index contributed by atoms with van der Waals surface area (Å²) >= 11 is 0. The summed E-state index contributed by atoms with van der Waals surface area (Å²) in [5.74, 6) is 0.991. The molecular formula is C14H22N2O2. The van der Waals surface area contributed by atoms with Crippen molar-refractivity contribution < 1.29 is 9.53 Å². The molecule has 0 aliphatic carbocycles. The highest BCUT2D eigenvalue weighted by Crippen LogP contribution is 2.17. The van der Waals surface area contributed by atoms with E-state index in [2.05, 4.69) is 5.32 Å². The van der Waals surface area contributed by atoms with Crippen LogP contribution in [-0.2, 0) is 4.79 Å². The lowest BCUT2D eigenvalue weighted by Gasteiger charge is -2.14. The fraction of sp³-hybridized carbons (Fsp3) is 0.500. The summed E-state index contributed by atoms with van der Waals surface area (Å²) in [5.41, 5.74) is 6.53. The van der Waals surface area contributed by atoms with Crippen molar-refractivity contribution in [3.63, 3.8) is 0 Å². The third-order valence-electron chi connectivity index (χ3n) is 2.47. The van der Waals surface area contributed by atoms with Gasteiger partial charge in [0.1, 0.15) is 5.75 Å². The zero-order valence-electron chi connectivity index (χ0n) is 11.3. The maximum absolute atomic E-state index is 11.8. The van der Waals surface area contributed by atoms with Crippen LogP contribution in [0, 0.1) is 5.92 Å². The Kier molecular flexibility index (Phi) is 5.65. The van der Waals surface area contributed by atoms with Gasteiger partial charge in [-0.2, -0.15) is 0 Å². The molecule has 4 heteroatoms. The third-order valence-corrected chi connectivity index (χ3v) is 2.47. The average molecular weight is 250 g/mol. The third kappa shape index (κ3) is 4.75. The van der Waals surface area contributed by atoms with Gasteiger partial charge in [0.25, 0.3) is 0 Å². The van der Waals surface area contributed by atoms with Crippen LogP contribution in [0.25, 0.3) is 0 Å². The highest BCUT2D eigenvalue weighted by molar-refractivity contribution is 5.94. The van der Waals surface area contributed by atoms with Gasteiger partial charge < -0.3 is 15.8 Å². The first-order chi connectivity index (χ1) is 8.52. The van der Waals surface area contributed by atoms with Crippen LogP contribution in [0.5, 0.6) is 5.75 Å². The minimum atomic E-state index is -0.472. The topological polar surface area (TPSA) is 64.3 Å². The summed E-state index contributed by atoms with van der Waals surface area (Å²) in [6.45, 7) is 6.61. The van der Waals surface area contributed by atoms with E-state index in [0.717, 1.165) is 5.75 Å². The number of amides is 1. The molecule has 1 amide bonds. The van der Waals surface area contributed by atoms with Crippen LogP contribution in [0.1, 0.15) is 27.2 Å². The Morgan fingerprint density at radius 3 is 2.78 bits per heavy atom. The van der Waals surface area contributed by atoms with Crippen molar-refractivity contribution in [2.24, 2.45) is 11.7 Å². The number of benzene rings is 1. The highest BCUT2D eigenvalue weighted by Gasteiger charge is 2.15. The number of hydrogen-bond acceptors (Lipinski definition) is 3. The Hall–Kier alpha value is -1.55. The number of carbonyl (C=O) groups is 1. The smallest absolute Gasteiger partial charge is 0.241 e. The molecule has 1 atom stereocenters. The van der Waals surface area contributed by atoms with E-state index in [9.17, 15) is 4.79 Å². The number of nitrogens with one attached hydrogen (secondary N) is 1. The minimum Gasteiger partial charge on any atom is -0.494 e. The van der Waals surface area contributed by atoms with Crippen molar-refractivity contribution in [2.75, 3.05) is 11.9 Å². The van der Waals surface area contributed by atoms with Crippen LogP contribution in [0.15, 0.2) is 24.3 Å². The summed E-state index contributed by atoms with van der Waals surface area (Å²) in [5, 5.41) is 2.80. The normalized spacial score (nSPS) is 12.3. The lowest BCUT2D eigenvalue weighted by molar-refractivity contribution is -0.117. The van der Waals surface area contributed by atoms with E-state index < -0.39 is 6.04 Å². The first-order valence-electron chi connectivity index (χ1n) is 6.32. The highest BCUT2D eigenvalue weighted by atomic mass is 16.5. The van der Waals surface area contributed by atoms with Gasteiger partial charge in [0.05, 0.1) is 12.6 Å². The lowest BCUT2D eigenvalue weighted by Crippen LogP contribution is -2.36. The molecular weight excluding hydrogens is 228 g/mol. The van der Waals surface area contributed by atoms with Gasteiger partial charge in [-0.25, -0.2) is 0 Å². The van der Waals surface area contributed by atoms with E-state index >= 15 is 0 Å². The van der Waals surface area contributed by atoms with Gasteiger partial charge in [0.2, 0.25) is 5.91 Å². The SMILES string of the molecule is CCOc1cccc(NC(=O)[C@@H](N)CC(C)C)c1. The summed E-state index contributed by atoms with van der Waals surface area (Å²) in [6.07, 6.45) is 0.678. The van der Waals surface area contributed by atoms with E-state index in [1.54, 1.807) is 6.07 Å². The van der Waals surface area contributed by atoms with E-state index in [1.807, 2.05) is 39.0 Å². The number of rotatable bonds is 6. The van der Waals surface area contributed by atoms with Gasteiger partial charge in [-0.1, -0.05) is 19.9 Å². The Labute approximate surface area is 109 Å². The van der Waals surface area contributed by atoms with Gasteiger partial charge in [0, 0.05) is 11.8 Å². The largest absolute Gasteiger partial charge is 0.494 e. The molecule has 0 aliphatic rings. The predicted molar refractivity (Wildman–Crippen MR) is 73.7 cm³/mol. The summed E-state index contributed by atoms with van der Waals surface area (Å²) in [7, 11) is 0. The van der Waals surface area contributed by atoms with Crippen LogP contribution in [0.4, 0.5) is 5.69 Å². The van der Waals surface area contributed by atoms with Crippen LogP contribution in [0.2, 0.25) is 0 Å². The monoisotopic (exact) mass is 250 g/mol. The van der Waals surface area contributed by atoms with E-state index in [1.165, 1.54) is 0 Å². The van der Waals surface area contributed by atoms with E-state index in [-0.39, 0.29) is 5.91 Å². The maximum Gasteiger partial charge on any atom is 0.241 e. The molecule has 0 fully saturated rings. The Morgan fingerprint density at radius 2 is 2.17 bits per heavy atom. The molecule has 0 heterocycles. The fourth-order valence-electron chi connectivity index (χ4n) is 1.68. The van der Waals surface area contributed by atoms with Gasteiger partial charge >= 0.3 is 0 Å².